The van der Waals surface area contributed by atoms with E-state index in [1.165, 1.54) is 0 Å². The first-order chi connectivity index (χ1) is 6.10. The van der Waals surface area contributed by atoms with Crippen LogP contribution in [0.5, 0.6) is 0 Å². The van der Waals surface area contributed by atoms with E-state index in [1.54, 1.807) is 13.8 Å². The molecule has 0 aliphatic heterocycles. The van der Waals surface area contributed by atoms with Crippen molar-refractivity contribution in [1.29, 1.82) is 0 Å². The molecule has 0 aromatic rings. The molecule has 0 aromatic heterocycles. The Morgan fingerprint density at radius 3 is 2.31 bits per heavy atom. The van der Waals surface area contributed by atoms with E-state index in [4.69, 9.17) is 20.7 Å². The molecule has 7 heteroatoms. The van der Waals surface area contributed by atoms with Crippen molar-refractivity contribution in [3.05, 3.63) is 10.4 Å². The van der Waals surface area contributed by atoms with Gasteiger partial charge in [-0.05, 0) is 24.5 Å². The number of azide groups is 1. The average Bonchev–Trinajstić information content (AvgIpc) is 2.05. The maximum atomic E-state index is 11.0. The van der Waals surface area contributed by atoms with Crippen LogP contribution in [0.25, 0.3) is 10.4 Å². The summed E-state index contributed by atoms with van der Waals surface area (Å²) in [6.07, 6.45) is 0. The highest BCUT2D eigenvalue weighted by atomic mass is 16.7. The normalized spacial score (nSPS) is 10.7. The zero-order valence-electron chi connectivity index (χ0n) is 7.56. The van der Waals surface area contributed by atoms with Crippen LogP contribution in [0.2, 0.25) is 0 Å². The predicted octanol–water partition coefficient (Wildman–Crippen LogP) is 0.509. The standard InChI is InChI=1S/C6H12N4O3/c1-3-12-6(7,13-4-2)5(11)9-10-8/h3-4,7H2,1-2H3. The number of carbonyl (C=O) groups is 1. The molecule has 0 rings (SSSR count). The molecule has 0 fully saturated rings. The molecule has 13 heavy (non-hydrogen) atoms. The highest BCUT2D eigenvalue weighted by Gasteiger charge is 2.34. The summed E-state index contributed by atoms with van der Waals surface area (Å²) in [7, 11) is 0. The number of nitrogens with zero attached hydrogens (tertiary/aromatic N) is 3. The summed E-state index contributed by atoms with van der Waals surface area (Å²) in [4.78, 5) is 13.4. The fraction of sp³-hybridized carbons (Fsp3) is 0.833. The van der Waals surface area contributed by atoms with Crippen LogP contribution in [0, 0.1) is 0 Å². The zero-order chi connectivity index (χ0) is 10.3. The van der Waals surface area contributed by atoms with E-state index >= 15 is 0 Å². The number of rotatable bonds is 5. The summed E-state index contributed by atoms with van der Waals surface area (Å²) in [6, 6.07) is 0. The van der Waals surface area contributed by atoms with Gasteiger partial charge in [0, 0.05) is 18.1 Å². The highest BCUT2D eigenvalue weighted by molar-refractivity contribution is 5.83. The molecule has 0 bridgehead atoms. The predicted molar refractivity (Wildman–Crippen MR) is 44.3 cm³/mol. The first-order valence-electron chi connectivity index (χ1n) is 3.77. The van der Waals surface area contributed by atoms with Crippen LogP contribution < -0.4 is 5.73 Å². The molecule has 0 spiro atoms. The third-order valence-electron chi connectivity index (χ3n) is 1.15. The highest BCUT2D eigenvalue weighted by Crippen LogP contribution is 2.08. The van der Waals surface area contributed by atoms with Gasteiger partial charge in [-0.25, -0.2) is 0 Å². The summed E-state index contributed by atoms with van der Waals surface area (Å²) < 4.78 is 9.65. The number of hydrogen-bond donors (Lipinski definition) is 1. The molecule has 0 aliphatic rings. The molecule has 2 N–H and O–H groups in total. The van der Waals surface area contributed by atoms with Crippen molar-refractivity contribution < 1.29 is 14.3 Å². The second kappa shape index (κ2) is 5.50. The van der Waals surface area contributed by atoms with E-state index in [-0.39, 0.29) is 13.2 Å². The Hall–Kier alpha value is -1.14. The molecule has 1 amide bonds. The van der Waals surface area contributed by atoms with Crippen molar-refractivity contribution in [3.8, 4) is 0 Å². The monoisotopic (exact) mass is 188 g/mol. The second-order valence-electron chi connectivity index (χ2n) is 2.03. The Kier molecular flexibility index (Phi) is 5.01. The molecular formula is C6H12N4O3. The lowest BCUT2D eigenvalue weighted by molar-refractivity contribution is -0.222. The molecular weight excluding hydrogens is 176 g/mol. The van der Waals surface area contributed by atoms with Gasteiger partial charge in [-0.2, -0.15) is 0 Å². The van der Waals surface area contributed by atoms with E-state index in [2.05, 4.69) is 10.0 Å². The Bertz CT molecular complexity index is 218. The van der Waals surface area contributed by atoms with Crippen molar-refractivity contribution in [2.75, 3.05) is 13.2 Å². The van der Waals surface area contributed by atoms with E-state index in [9.17, 15) is 4.79 Å². The van der Waals surface area contributed by atoms with Gasteiger partial charge < -0.3 is 9.47 Å². The second-order valence-corrected chi connectivity index (χ2v) is 2.03. The average molecular weight is 188 g/mol. The maximum Gasteiger partial charge on any atom is 0.294 e. The number of carbonyl (C=O) groups excluding carboxylic acids is 1. The first-order valence-corrected chi connectivity index (χ1v) is 3.77. The van der Waals surface area contributed by atoms with Crippen molar-refractivity contribution in [1.82, 2.24) is 0 Å². The first kappa shape index (κ1) is 11.9. The molecule has 74 valence electrons. The smallest absolute Gasteiger partial charge is 0.294 e. The summed E-state index contributed by atoms with van der Waals surface area (Å²) in [5, 5.41) is 2.80. The van der Waals surface area contributed by atoms with Crippen molar-refractivity contribution >= 4 is 5.91 Å². The Balaban J connectivity index is 4.55. The Morgan fingerprint density at radius 1 is 1.54 bits per heavy atom. The lowest BCUT2D eigenvalue weighted by Gasteiger charge is -2.24. The fourth-order valence-electron chi connectivity index (χ4n) is 0.704. The summed E-state index contributed by atoms with van der Waals surface area (Å²) >= 11 is 0. The van der Waals surface area contributed by atoms with Gasteiger partial charge in [-0.15, -0.1) is 0 Å². The van der Waals surface area contributed by atoms with Crippen LogP contribution in [0.15, 0.2) is 5.11 Å². The van der Waals surface area contributed by atoms with Crippen LogP contribution in [-0.4, -0.2) is 25.0 Å². The molecule has 0 aliphatic carbocycles. The maximum absolute atomic E-state index is 11.0. The minimum absolute atomic E-state index is 0.184. The van der Waals surface area contributed by atoms with Gasteiger partial charge >= 0.3 is 0 Å². The Morgan fingerprint density at radius 2 is 2.00 bits per heavy atom. The number of hydrogen-bond acceptors (Lipinski definition) is 4. The topological polar surface area (TPSA) is 110 Å². The van der Waals surface area contributed by atoms with E-state index in [1.807, 2.05) is 0 Å². The quantitative estimate of drug-likeness (QED) is 0.293. The SMILES string of the molecule is CCOC(N)(OCC)C(=O)N=[N+]=[N-]. The number of nitrogens with two attached hydrogens (primary N) is 1. The summed E-state index contributed by atoms with van der Waals surface area (Å²) in [5.41, 5.74) is 13.4. The third-order valence-corrected chi connectivity index (χ3v) is 1.15. The fourth-order valence-corrected chi connectivity index (χ4v) is 0.704. The summed E-state index contributed by atoms with van der Waals surface area (Å²) in [6.45, 7) is 3.65. The molecule has 0 aromatic carbocycles. The molecule has 0 saturated heterocycles. The molecule has 0 unspecified atom stereocenters. The molecule has 0 saturated carbocycles. The minimum atomic E-state index is -1.95. The third kappa shape index (κ3) is 3.39. The van der Waals surface area contributed by atoms with E-state index < -0.39 is 11.8 Å². The van der Waals surface area contributed by atoms with Crippen molar-refractivity contribution in [3.63, 3.8) is 0 Å². The minimum Gasteiger partial charge on any atom is -0.332 e. The van der Waals surface area contributed by atoms with Gasteiger partial charge in [-0.1, -0.05) is 0 Å². The zero-order valence-corrected chi connectivity index (χ0v) is 7.56. The van der Waals surface area contributed by atoms with E-state index in [0.717, 1.165) is 0 Å². The Labute approximate surface area is 75.4 Å². The number of ether oxygens (including phenoxy) is 2. The molecule has 0 heterocycles. The largest absolute Gasteiger partial charge is 0.332 e. The molecule has 0 radical (unpaired) electrons. The van der Waals surface area contributed by atoms with Gasteiger partial charge in [0.15, 0.2) is 0 Å². The summed E-state index contributed by atoms with van der Waals surface area (Å²) in [5.74, 6) is -2.94. The molecule has 7 nitrogen and oxygen atoms in total. The molecule has 0 atom stereocenters. The van der Waals surface area contributed by atoms with Crippen LogP contribution in [-0.2, 0) is 14.3 Å². The van der Waals surface area contributed by atoms with Gasteiger partial charge in [0.05, 0.1) is 0 Å². The van der Waals surface area contributed by atoms with Crippen LogP contribution in [0.3, 0.4) is 0 Å². The van der Waals surface area contributed by atoms with Gasteiger partial charge in [-0.3, -0.25) is 10.5 Å². The van der Waals surface area contributed by atoms with Gasteiger partial charge in [0.25, 0.3) is 11.8 Å². The van der Waals surface area contributed by atoms with Crippen LogP contribution in [0.4, 0.5) is 0 Å². The lowest BCUT2D eigenvalue weighted by atomic mass is 10.4. The van der Waals surface area contributed by atoms with Crippen molar-refractivity contribution in [2.24, 2.45) is 10.8 Å². The van der Waals surface area contributed by atoms with E-state index in [0.29, 0.717) is 0 Å². The van der Waals surface area contributed by atoms with Crippen LogP contribution in [0.1, 0.15) is 13.8 Å². The van der Waals surface area contributed by atoms with Gasteiger partial charge in [0.2, 0.25) is 0 Å². The van der Waals surface area contributed by atoms with Gasteiger partial charge in [0.1, 0.15) is 0 Å². The van der Waals surface area contributed by atoms with Crippen molar-refractivity contribution in [2.45, 2.75) is 19.8 Å². The van der Waals surface area contributed by atoms with Crippen LogP contribution >= 0.6 is 0 Å². The lowest BCUT2D eigenvalue weighted by Crippen LogP contribution is -2.52. The number of amides is 1.